The van der Waals surface area contributed by atoms with Crippen molar-refractivity contribution in [3.63, 3.8) is 0 Å². The zero-order valence-corrected chi connectivity index (χ0v) is 9.42. The van der Waals surface area contributed by atoms with E-state index < -0.39 is 11.8 Å². The van der Waals surface area contributed by atoms with Crippen molar-refractivity contribution >= 4 is 5.97 Å². The molecule has 1 N–H and O–H groups in total. The van der Waals surface area contributed by atoms with Crippen molar-refractivity contribution in [1.29, 1.82) is 0 Å². The summed E-state index contributed by atoms with van der Waals surface area (Å²) in [5.41, 5.74) is 0.529. The number of carbonyl (C=O) groups is 1. The molecule has 1 aromatic carbocycles. The van der Waals surface area contributed by atoms with Crippen LogP contribution in [0.25, 0.3) is 0 Å². The van der Waals surface area contributed by atoms with E-state index in [1.807, 2.05) is 0 Å². The first-order valence-electron chi connectivity index (χ1n) is 5.05. The number of carboxylic acid groups (broad SMARTS) is 1. The van der Waals surface area contributed by atoms with E-state index in [0.29, 0.717) is 5.69 Å². The Morgan fingerprint density at radius 3 is 2.78 bits per heavy atom. The summed E-state index contributed by atoms with van der Waals surface area (Å²) in [6.07, 6.45) is 1.28. The van der Waals surface area contributed by atoms with E-state index in [0.717, 1.165) is 18.2 Å². The predicted molar refractivity (Wildman–Crippen MR) is 60.2 cm³/mol. The van der Waals surface area contributed by atoms with Gasteiger partial charge in [0.25, 0.3) is 0 Å². The maximum Gasteiger partial charge on any atom is 0.339 e. The monoisotopic (exact) mass is 248 g/mol. The first kappa shape index (κ1) is 12.0. The van der Waals surface area contributed by atoms with Crippen molar-refractivity contribution in [3.8, 4) is 11.6 Å². The molecule has 1 aromatic heterocycles. The average molecular weight is 248 g/mol. The number of benzene rings is 1. The topological polar surface area (TPSA) is 72.3 Å². The largest absolute Gasteiger partial charge is 0.478 e. The van der Waals surface area contributed by atoms with Crippen LogP contribution in [0.4, 0.5) is 4.39 Å². The summed E-state index contributed by atoms with van der Waals surface area (Å²) < 4.78 is 18.3. The highest BCUT2D eigenvalue weighted by atomic mass is 19.1. The first-order chi connectivity index (χ1) is 8.56. The van der Waals surface area contributed by atoms with Crippen molar-refractivity contribution in [2.45, 2.75) is 6.92 Å². The van der Waals surface area contributed by atoms with E-state index >= 15 is 0 Å². The summed E-state index contributed by atoms with van der Waals surface area (Å²) in [6.45, 7) is 1.73. The van der Waals surface area contributed by atoms with Gasteiger partial charge in [-0.05, 0) is 19.1 Å². The van der Waals surface area contributed by atoms with Gasteiger partial charge in [-0.1, -0.05) is 0 Å². The van der Waals surface area contributed by atoms with Gasteiger partial charge in [0.1, 0.15) is 23.5 Å². The van der Waals surface area contributed by atoms with Crippen LogP contribution in [0.2, 0.25) is 0 Å². The number of aromatic carboxylic acids is 1. The van der Waals surface area contributed by atoms with E-state index in [9.17, 15) is 9.18 Å². The molecule has 0 saturated heterocycles. The van der Waals surface area contributed by atoms with E-state index in [1.165, 1.54) is 12.4 Å². The lowest BCUT2D eigenvalue weighted by atomic mass is 10.2. The van der Waals surface area contributed by atoms with Gasteiger partial charge in [0.05, 0.1) is 0 Å². The Kier molecular flexibility index (Phi) is 3.18. The summed E-state index contributed by atoms with van der Waals surface area (Å²) in [5, 5.41) is 8.95. The minimum Gasteiger partial charge on any atom is -0.478 e. The van der Waals surface area contributed by atoms with Gasteiger partial charge in [-0.25, -0.2) is 19.2 Å². The van der Waals surface area contributed by atoms with Crippen LogP contribution in [0.5, 0.6) is 11.6 Å². The Morgan fingerprint density at radius 2 is 2.11 bits per heavy atom. The molecule has 0 radical (unpaired) electrons. The molecular weight excluding hydrogens is 239 g/mol. The fourth-order valence-electron chi connectivity index (χ4n) is 1.36. The number of ether oxygens (including phenoxy) is 1. The second-order valence-corrected chi connectivity index (χ2v) is 3.55. The summed E-state index contributed by atoms with van der Waals surface area (Å²) in [4.78, 5) is 18.6. The van der Waals surface area contributed by atoms with Crippen molar-refractivity contribution in [1.82, 2.24) is 9.97 Å². The minimum atomic E-state index is -1.20. The number of halogens is 1. The number of nitrogens with zero attached hydrogens (tertiary/aromatic N) is 2. The maximum atomic E-state index is 13.1. The number of aromatic nitrogens is 2. The standard InChI is InChI=1S/C12H9FN2O3/c1-7-4-11(15-6-14-7)18-10-5-8(13)2-3-9(10)12(16)17/h2-6H,1H3,(H,16,17). The Balaban J connectivity index is 2.39. The smallest absolute Gasteiger partial charge is 0.339 e. The second-order valence-electron chi connectivity index (χ2n) is 3.55. The molecule has 0 spiro atoms. The van der Waals surface area contributed by atoms with E-state index in [4.69, 9.17) is 9.84 Å². The Bertz CT molecular complexity index is 602. The SMILES string of the molecule is Cc1cc(Oc2cc(F)ccc2C(=O)O)ncn1. The number of rotatable bonds is 3. The van der Waals surface area contributed by atoms with Gasteiger partial charge >= 0.3 is 5.97 Å². The molecule has 0 fully saturated rings. The number of hydrogen-bond donors (Lipinski definition) is 1. The van der Waals surface area contributed by atoms with Crippen LogP contribution < -0.4 is 4.74 Å². The number of hydrogen-bond acceptors (Lipinski definition) is 4. The lowest BCUT2D eigenvalue weighted by Crippen LogP contribution is -2.01. The third-order valence-corrected chi connectivity index (χ3v) is 2.17. The molecule has 0 aliphatic heterocycles. The van der Waals surface area contributed by atoms with Crippen LogP contribution in [0.1, 0.15) is 16.1 Å². The zero-order chi connectivity index (χ0) is 13.1. The van der Waals surface area contributed by atoms with Gasteiger partial charge < -0.3 is 9.84 Å². The molecule has 0 bridgehead atoms. The molecule has 1 heterocycles. The first-order valence-corrected chi connectivity index (χ1v) is 5.05. The second kappa shape index (κ2) is 4.79. The maximum absolute atomic E-state index is 13.1. The molecule has 0 aliphatic rings. The average Bonchev–Trinajstić information content (AvgIpc) is 2.28. The molecule has 18 heavy (non-hydrogen) atoms. The Hall–Kier alpha value is -2.50. The van der Waals surface area contributed by atoms with Gasteiger partial charge in [-0.3, -0.25) is 0 Å². The minimum absolute atomic E-state index is 0.0967. The van der Waals surface area contributed by atoms with Crippen LogP contribution in [-0.2, 0) is 0 Å². The van der Waals surface area contributed by atoms with Crippen LogP contribution in [0, 0.1) is 12.7 Å². The van der Waals surface area contributed by atoms with Crippen molar-refractivity contribution in [2.75, 3.05) is 0 Å². The molecule has 0 atom stereocenters. The molecular formula is C12H9FN2O3. The molecule has 2 rings (SSSR count). The third-order valence-electron chi connectivity index (χ3n) is 2.17. The molecule has 6 heteroatoms. The van der Waals surface area contributed by atoms with Gasteiger partial charge in [-0.2, -0.15) is 0 Å². The molecule has 0 saturated carbocycles. The van der Waals surface area contributed by atoms with E-state index in [-0.39, 0.29) is 17.2 Å². The zero-order valence-electron chi connectivity index (χ0n) is 9.42. The predicted octanol–water partition coefficient (Wildman–Crippen LogP) is 2.41. The van der Waals surface area contributed by atoms with Crippen LogP contribution >= 0.6 is 0 Å². The van der Waals surface area contributed by atoms with E-state index in [2.05, 4.69) is 9.97 Å². The quantitative estimate of drug-likeness (QED) is 0.902. The normalized spacial score (nSPS) is 10.1. The lowest BCUT2D eigenvalue weighted by molar-refractivity contribution is 0.0694. The fourth-order valence-corrected chi connectivity index (χ4v) is 1.36. The van der Waals surface area contributed by atoms with E-state index in [1.54, 1.807) is 6.92 Å². The molecule has 2 aromatic rings. The Labute approximate surface area is 102 Å². The number of aryl methyl sites for hydroxylation is 1. The lowest BCUT2D eigenvalue weighted by Gasteiger charge is -2.07. The molecule has 0 unspecified atom stereocenters. The van der Waals surface area contributed by atoms with Gasteiger partial charge in [0.2, 0.25) is 5.88 Å². The molecule has 0 amide bonds. The number of carboxylic acids is 1. The van der Waals surface area contributed by atoms with Crippen molar-refractivity contribution < 1.29 is 19.0 Å². The summed E-state index contributed by atoms with van der Waals surface area (Å²) in [6, 6.07) is 4.72. The Morgan fingerprint density at radius 1 is 1.33 bits per heavy atom. The van der Waals surface area contributed by atoms with Gasteiger partial charge in [0, 0.05) is 17.8 Å². The third kappa shape index (κ3) is 2.60. The molecule has 92 valence electrons. The summed E-state index contributed by atoms with van der Waals surface area (Å²) in [5.74, 6) is -1.72. The fraction of sp³-hybridized carbons (Fsp3) is 0.0833. The van der Waals surface area contributed by atoms with Crippen molar-refractivity contribution in [3.05, 3.63) is 47.7 Å². The van der Waals surface area contributed by atoms with Gasteiger partial charge in [-0.15, -0.1) is 0 Å². The molecule has 0 aliphatic carbocycles. The highest BCUT2D eigenvalue weighted by Gasteiger charge is 2.13. The van der Waals surface area contributed by atoms with Crippen LogP contribution in [0.3, 0.4) is 0 Å². The summed E-state index contributed by atoms with van der Waals surface area (Å²) in [7, 11) is 0. The highest BCUT2D eigenvalue weighted by Crippen LogP contribution is 2.25. The van der Waals surface area contributed by atoms with Crippen LogP contribution in [-0.4, -0.2) is 21.0 Å². The molecule has 5 nitrogen and oxygen atoms in total. The van der Waals surface area contributed by atoms with Gasteiger partial charge in [0.15, 0.2) is 0 Å². The summed E-state index contributed by atoms with van der Waals surface area (Å²) >= 11 is 0. The van der Waals surface area contributed by atoms with Crippen LogP contribution in [0.15, 0.2) is 30.6 Å². The van der Waals surface area contributed by atoms with Crippen molar-refractivity contribution in [2.24, 2.45) is 0 Å². The highest BCUT2D eigenvalue weighted by molar-refractivity contribution is 5.90.